The summed E-state index contributed by atoms with van der Waals surface area (Å²) in [6.07, 6.45) is 0. The Labute approximate surface area is 118 Å². The first-order chi connectivity index (χ1) is 9.75. The van der Waals surface area contributed by atoms with Crippen molar-refractivity contribution < 1.29 is 19.4 Å². The second-order valence-electron chi connectivity index (χ2n) is 4.72. The molecule has 0 atom stereocenters. The molecule has 2 N–H and O–H groups in total. The summed E-state index contributed by atoms with van der Waals surface area (Å²) >= 11 is 0. The van der Waals surface area contributed by atoms with Crippen LogP contribution in [0.15, 0.2) is 48.5 Å². The second kappa shape index (κ2) is 5.81. The highest BCUT2D eigenvalue weighted by atomic mass is 16.5. The molecule has 2 aromatic rings. The van der Waals surface area contributed by atoms with E-state index < -0.39 is 14.2 Å². The van der Waals surface area contributed by atoms with Gasteiger partial charge in [0.15, 0.2) is 0 Å². The molecular weight excluding hydrogens is 254 g/mol. The lowest BCUT2D eigenvalue weighted by Gasteiger charge is -1.93. The molecule has 0 saturated heterocycles. The zero-order chi connectivity index (χ0) is 13.9. The van der Waals surface area contributed by atoms with Crippen LogP contribution in [0.2, 0.25) is 0 Å². The van der Waals surface area contributed by atoms with E-state index in [1.807, 2.05) is 48.5 Å². The summed E-state index contributed by atoms with van der Waals surface area (Å²) in [6.45, 7) is 1.08. The minimum atomic E-state index is -0.698. The first-order valence-corrected chi connectivity index (χ1v) is 6.50. The molecule has 0 radical (unpaired) electrons. The Bertz CT molecular complexity index is 552. The van der Waals surface area contributed by atoms with Crippen LogP contribution in [-0.2, 0) is 22.5 Å². The van der Waals surface area contributed by atoms with Crippen molar-refractivity contribution in [2.45, 2.75) is 13.2 Å². The molecule has 2 heterocycles. The molecule has 4 rings (SSSR count). The zero-order valence-electron chi connectivity index (χ0n) is 10.9. The monoisotopic (exact) mass is 268 g/mol. The standard InChI is InChI=1S/2C7H7BO2/c2*9-8-7-4-2-1-3-6(7)5-10-8/h2*1-4,9H,5H2. The Kier molecular flexibility index (Phi) is 3.89. The molecule has 20 heavy (non-hydrogen) atoms. The lowest BCUT2D eigenvalue weighted by molar-refractivity contribution is 0.275. The summed E-state index contributed by atoms with van der Waals surface area (Å²) in [5, 5.41) is 18.3. The predicted octanol–water partition coefficient (Wildman–Crippen LogP) is -0.191. The summed E-state index contributed by atoms with van der Waals surface area (Å²) in [5.74, 6) is 0. The van der Waals surface area contributed by atoms with Gasteiger partial charge < -0.3 is 19.4 Å². The Balaban J connectivity index is 0.000000121. The van der Waals surface area contributed by atoms with Gasteiger partial charge in [0.2, 0.25) is 0 Å². The van der Waals surface area contributed by atoms with E-state index in [1.165, 1.54) is 0 Å². The van der Waals surface area contributed by atoms with E-state index in [1.54, 1.807) is 0 Å². The molecule has 0 aliphatic carbocycles. The van der Waals surface area contributed by atoms with Crippen molar-refractivity contribution in [3.63, 3.8) is 0 Å². The van der Waals surface area contributed by atoms with Crippen LogP contribution in [0.3, 0.4) is 0 Å². The summed E-state index contributed by atoms with van der Waals surface area (Å²) in [5.41, 5.74) is 4.00. The van der Waals surface area contributed by atoms with Crippen LogP contribution in [0, 0.1) is 0 Å². The third kappa shape index (κ3) is 2.64. The first kappa shape index (κ1) is 13.4. The topological polar surface area (TPSA) is 58.9 Å². The highest BCUT2D eigenvalue weighted by molar-refractivity contribution is 6.61. The molecule has 0 spiro atoms. The van der Waals surface area contributed by atoms with Gasteiger partial charge in [-0.05, 0) is 22.1 Å². The van der Waals surface area contributed by atoms with Gasteiger partial charge in [-0.3, -0.25) is 0 Å². The Morgan fingerprint density at radius 1 is 0.700 bits per heavy atom. The maximum absolute atomic E-state index is 9.16. The fraction of sp³-hybridized carbons (Fsp3) is 0.143. The van der Waals surface area contributed by atoms with Gasteiger partial charge in [-0.1, -0.05) is 48.5 Å². The molecule has 2 aromatic carbocycles. The summed E-state index contributed by atoms with van der Waals surface area (Å²) in [4.78, 5) is 0. The van der Waals surface area contributed by atoms with Gasteiger partial charge in [0.1, 0.15) is 0 Å². The number of benzene rings is 2. The van der Waals surface area contributed by atoms with Gasteiger partial charge in [-0.2, -0.15) is 0 Å². The molecule has 100 valence electrons. The van der Waals surface area contributed by atoms with Crippen LogP contribution >= 0.6 is 0 Å². The van der Waals surface area contributed by atoms with Crippen molar-refractivity contribution >= 4 is 25.2 Å². The molecule has 2 aliphatic rings. The van der Waals surface area contributed by atoms with Gasteiger partial charge >= 0.3 is 14.2 Å². The van der Waals surface area contributed by atoms with E-state index in [0.717, 1.165) is 22.1 Å². The van der Waals surface area contributed by atoms with Crippen LogP contribution in [0.5, 0.6) is 0 Å². The predicted molar refractivity (Wildman–Crippen MR) is 77.7 cm³/mol. The highest BCUT2D eigenvalue weighted by Gasteiger charge is 2.26. The van der Waals surface area contributed by atoms with Crippen molar-refractivity contribution in [3.05, 3.63) is 59.7 Å². The second-order valence-corrected chi connectivity index (χ2v) is 4.72. The van der Waals surface area contributed by atoms with Crippen LogP contribution < -0.4 is 10.9 Å². The Morgan fingerprint density at radius 3 is 1.50 bits per heavy atom. The normalized spacial score (nSPS) is 15.5. The van der Waals surface area contributed by atoms with Gasteiger partial charge in [0, 0.05) is 0 Å². The number of hydrogen-bond acceptors (Lipinski definition) is 4. The molecule has 6 heteroatoms. The largest absolute Gasteiger partial charge is 0.491 e. The van der Waals surface area contributed by atoms with E-state index in [0.29, 0.717) is 13.2 Å². The average molecular weight is 268 g/mol. The van der Waals surface area contributed by atoms with Crippen molar-refractivity contribution in [2.75, 3.05) is 0 Å². The fourth-order valence-electron chi connectivity index (χ4n) is 2.33. The van der Waals surface area contributed by atoms with Crippen molar-refractivity contribution in [1.82, 2.24) is 0 Å². The van der Waals surface area contributed by atoms with E-state index >= 15 is 0 Å². The van der Waals surface area contributed by atoms with Gasteiger partial charge in [-0.25, -0.2) is 0 Å². The van der Waals surface area contributed by atoms with Crippen LogP contribution in [0.1, 0.15) is 11.1 Å². The number of fused-ring (bicyclic) bond motifs is 2. The SMILES string of the molecule is OB1OCc2ccccc21.OB1OCc2ccccc21. The highest BCUT2D eigenvalue weighted by Crippen LogP contribution is 2.08. The fourth-order valence-corrected chi connectivity index (χ4v) is 2.33. The minimum Gasteiger partial charge on any atom is -0.423 e. The van der Waals surface area contributed by atoms with E-state index in [2.05, 4.69) is 0 Å². The third-order valence-electron chi connectivity index (χ3n) is 3.44. The number of hydrogen-bond donors (Lipinski definition) is 2. The summed E-state index contributed by atoms with van der Waals surface area (Å²) in [6, 6.07) is 15.4. The van der Waals surface area contributed by atoms with E-state index in [-0.39, 0.29) is 0 Å². The van der Waals surface area contributed by atoms with Crippen LogP contribution in [0.4, 0.5) is 0 Å². The maximum atomic E-state index is 9.16. The van der Waals surface area contributed by atoms with Crippen molar-refractivity contribution in [2.24, 2.45) is 0 Å². The molecule has 0 aromatic heterocycles. The smallest absolute Gasteiger partial charge is 0.423 e. The lowest BCUT2D eigenvalue weighted by atomic mass is 9.80. The molecule has 0 unspecified atom stereocenters. The van der Waals surface area contributed by atoms with Gasteiger partial charge in [-0.15, -0.1) is 0 Å². The average Bonchev–Trinajstić information content (AvgIpc) is 3.05. The minimum absolute atomic E-state index is 0.539. The van der Waals surface area contributed by atoms with Crippen LogP contribution in [-0.4, -0.2) is 24.3 Å². The molecule has 2 aliphatic heterocycles. The van der Waals surface area contributed by atoms with Crippen molar-refractivity contribution in [3.8, 4) is 0 Å². The Hall–Kier alpha value is -1.59. The lowest BCUT2D eigenvalue weighted by Crippen LogP contribution is -2.27. The van der Waals surface area contributed by atoms with Crippen molar-refractivity contribution in [1.29, 1.82) is 0 Å². The first-order valence-electron chi connectivity index (χ1n) is 6.50. The van der Waals surface area contributed by atoms with Gasteiger partial charge in [0.25, 0.3) is 0 Å². The zero-order valence-corrected chi connectivity index (χ0v) is 10.9. The van der Waals surface area contributed by atoms with Gasteiger partial charge in [0.05, 0.1) is 13.2 Å². The molecular formula is C14H14B2O4. The molecule has 4 nitrogen and oxygen atoms in total. The maximum Gasteiger partial charge on any atom is 0.491 e. The quantitative estimate of drug-likeness (QED) is 0.650. The summed E-state index contributed by atoms with van der Waals surface area (Å²) in [7, 11) is -1.40. The molecule has 0 saturated carbocycles. The Morgan fingerprint density at radius 2 is 1.10 bits per heavy atom. The molecule has 0 bridgehead atoms. The molecule has 0 amide bonds. The number of rotatable bonds is 0. The van der Waals surface area contributed by atoms with E-state index in [4.69, 9.17) is 19.4 Å². The molecule has 0 fully saturated rings. The third-order valence-corrected chi connectivity index (χ3v) is 3.44. The van der Waals surface area contributed by atoms with E-state index in [9.17, 15) is 0 Å². The van der Waals surface area contributed by atoms with Crippen LogP contribution in [0.25, 0.3) is 0 Å². The summed E-state index contributed by atoms with van der Waals surface area (Å²) < 4.78 is 9.96.